The van der Waals surface area contributed by atoms with Crippen molar-refractivity contribution in [2.24, 2.45) is 5.73 Å². The minimum Gasteiger partial charge on any atom is -0.356 e. The van der Waals surface area contributed by atoms with Crippen LogP contribution in [0.5, 0.6) is 0 Å². The molecule has 4 heteroatoms. The average molecular weight is 211 g/mol. The summed E-state index contributed by atoms with van der Waals surface area (Å²) in [5.74, 6) is 0.115. The van der Waals surface area contributed by atoms with Crippen LogP contribution in [0.2, 0.25) is 0 Å². The highest BCUT2D eigenvalue weighted by Gasteiger charge is 1.99. The molecule has 0 fully saturated rings. The summed E-state index contributed by atoms with van der Waals surface area (Å²) in [4.78, 5) is 11.2. The van der Waals surface area contributed by atoms with E-state index in [1.54, 1.807) is 0 Å². The predicted octanol–water partition coefficient (Wildman–Crippen LogP) is 1.32. The number of rotatable bonds is 9. The highest BCUT2D eigenvalue weighted by atomic mass is 16.1. The van der Waals surface area contributed by atoms with Crippen molar-refractivity contribution in [2.75, 3.05) is 13.1 Å². The number of nitrogens with one attached hydrogen (secondary N) is 1. The van der Waals surface area contributed by atoms with Crippen LogP contribution >= 0.6 is 0 Å². The summed E-state index contributed by atoms with van der Waals surface area (Å²) in [5.41, 5.74) is 5.35. The van der Waals surface area contributed by atoms with E-state index in [4.69, 9.17) is 11.0 Å². The topological polar surface area (TPSA) is 78.9 Å². The third-order valence-electron chi connectivity index (χ3n) is 2.15. The zero-order valence-electron chi connectivity index (χ0n) is 9.30. The fourth-order valence-corrected chi connectivity index (χ4v) is 1.25. The largest absolute Gasteiger partial charge is 0.356 e. The summed E-state index contributed by atoms with van der Waals surface area (Å²) < 4.78 is 0. The maximum Gasteiger partial charge on any atom is 0.219 e. The van der Waals surface area contributed by atoms with E-state index in [-0.39, 0.29) is 5.91 Å². The Balaban J connectivity index is 3.16. The van der Waals surface area contributed by atoms with Gasteiger partial charge >= 0.3 is 0 Å². The Hall–Kier alpha value is -1.08. The smallest absolute Gasteiger partial charge is 0.219 e. The Morgan fingerprint density at radius 1 is 1.20 bits per heavy atom. The maximum absolute atomic E-state index is 11.2. The molecule has 1 amide bonds. The number of carbonyl (C=O) groups excluding carboxylic acids is 1. The van der Waals surface area contributed by atoms with Crippen molar-refractivity contribution < 1.29 is 4.79 Å². The number of nitrogens with zero attached hydrogens (tertiary/aromatic N) is 1. The standard InChI is InChI=1S/C11H21N3O/c12-8-4-1-3-7-11(15)14-10-6-2-5-9-13/h1-8,10,12H2,(H,14,15). The Labute approximate surface area is 91.8 Å². The molecule has 0 aromatic carbocycles. The molecule has 0 bridgehead atoms. The number of carbonyl (C=O) groups is 1. The zero-order chi connectivity index (χ0) is 11.4. The van der Waals surface area contributed by atoms with Gasteiger partial charge in [0.25, 0.3) is 0 Å². The molecular formula is C11H21N3O. The van der Waals surface area contributed by atoms with Crippen molar-refractivity contribution in [1.82, 2.24) is 5.32 Å². The van der Waals surface area contributed by atoms with Crippen molar-refractivity contribution >= 4 is 5.91 Å². The molecule has 0 saturated carbocycles. The van der Waals surface area contributed by atoms with Crippen LogP contribution in [0, 0.1) is 11.3 Å². The molecule has 3 N–H and O–H groups in total. The normalized spacial score (nSPS) is 9.60. The molecule has 0 aromatic heterocycles. The third kappa shape index (κ3) is 10.8. The zero-order valence-corrected chi connectivity index (χ0v) is 9.30. The molecule has 0 atom stereocenters. The van der Waals surface area contributed by atoms with Crippen LogP contribution < -0.4 is 11.1 Å². The number of unbranched alkanes of at least 4 members (excludes halogenated alkanes) is 4. The van der Waals surface area contributed by atoms with Crippen LogP contribution in [0.25, 0.3) is 0 Å². The molecule has 0 rings (SSSR count). The number of nitrogens with two attached hydrogens (primary N) is 1. The number of hydrogen-bond donors (Lipinski definition) is 2. The van der Waals surface area contributed by atoms with E-state index in [0.717, 1.165) is 32.1 Å². The maximum atomic E-state index is 11.2. The van der Waals surface area contributed by atoms with E-state index >= 15 is 0 Å². The van der Waals surface area contributed by atoms with Gasteiger partial charge < -0.3 is 11.1 Å². The molecule has 0 unspecified atom stereocenters. The second kappa shape index (κ2) is 11.0. The first-order valence-electron chi connectivity index (χ1n) is 5.65. The molecule has 0 aliphatic rings. The lowest BCUT2D eigenvalue weighted by atomic mass is 10.2. The SMILES string of the molecule is N#CCCCCNC(=O)CCCCCN. The lowest BCUT2D eigenvalue weighted by Crippen LogP contribution is -2.23. The molecular weight excluding hydrogens is 190 g/mol. The highest BCUT2D eigenvalue weighted by molar-refractivity contribution is 5.75. The van der Waals surface area contributed by atoms with Gasteiger partial charge in [-0.1, -0.05) is 6.42 Å². The monoisotopic (exact) mass is 211 g/mol. The molecule has 0 spiro atoms. The second-order valence-corrected chi connectivity index (χ2v) is 3.56. The van der Waals surface area contributed by atoms with Crippen LogP contribution in [-0.4, -0.2) is 19.0 Å². The Morgan fingerprint density at radius 3 is 2.67 bits per heavy atom. The highest BCUT2D eigenvalue weighted by Crippen LogP contribution is 1.98. The van der Waals surface area contributed by atoms with Crippen LogP contribution in [-0.2, 0) is 4.79 Å². The summed E-state index contributed by atoms with van der Waals surface area (Å²) in [6.45, 7) is 1.40. The Bertz CT molecular complexity index is 198. The Morgan fingerprint density at radius 2 is 2.00 bits per heavy atom. The van der Waals surface area contributed by atoms with E-state index in [0.29, 0.717) is 25.9 Å². The van der Waals surface area contributed by atoms with Gasteiger partial charge in [0.2, 0.25) is 5.91 Å². The molecule has 0 radical (unpaired) electrons. The minimum absolute atomic E-state index is 0.115. The Kier molecular flexibility index (Phi) is 10.2. The quantitative estimate of drug-likeness (QED) is 0.564. The van der Waals surface area contributed by atoms with Gasteiger partial charge in [0.05, 0.1) is 6.07 Å². The van der Waals surface area contributed by atoms with Gasteiger partial charge in [-0.3, -0.25) is 4.79 Å². The number of amides is 1. The molecule has 15 heavy (non-hydrogen) atoms. The fraction of sp³-hybridized carbons (Fsp3) is 0.818. The summed E-state index contributed by atoms with van der Waals surface area (Å²) >= 11 is 0. The summed E-state index contributed by atoms with van der Waals surface area (Å²) in [7, 11) is 0. The van der Waals surface area contributed by atoms with Crippen LogP contribution in [0.15, 0.2) is 0 Å². The van der Waals surface area contributed by atoms with E-state index < -0.39 is 0 Å². The van der Waals surface area contributed by atoms with Crippen molar-refractivity contribution in [2.45, 2.75) is 44.9 Å². The van der Waals surface area contributed by atoms with Gasteiger partial charge in [-0.05, 0) is 32.2 Å². The lowest BCUT2D eigenvalue weighted by Gasteiger charge is -2.03. The molecule has 86 valence electrons. The predicted molar refractivity (Wildman–Crippen MR) is 60.0 cm³/mol. The number of hydrogen-bond acceptors (Lipinski definition) is 3. The summed E-state index contributed by atoms with van der Waals surface area (Å²) in [6, 6.07) is 2.08. The average Bonchev–Trinajstić information content (AvgIpc) is 2.24. The first-order valence-corrected chi connectivity index (χ1v) is 5.65. The van der Waals surface area contributed by atoms with Gasteiger partial charge in [-0.2, -0.15) is 5.26 Å². The van der Waals surface area contributed by atoms with Crippen LogP contribution in [0.4, 0.5) is 0 Å². The minimum atomic E-state index is 0.115. The van der Waals surface area contributed by atoms with Gasteiger partial charge in [0, 0.05) is 19.4 Å². The first-order chi connectivity index (χ1) is 7.31. The van der Waals surface area contributed by atoms with Crippen LogP contribution in [0.3, 0.4) is 0 Å². The number of nitriles is 1. The van der Waals surface area contributed by atoms with Crippen molar-refractivity contribution in [3.8, 4) is 6.07 Å². The van der Waals surface area contributed by atoms with Gasteiger partial charge in [-0.15, -0.1) is 0 Å². The molecule has 0 aliphatic heterocycles. The molecule has 4 nitrogen and oxygen atoms in total. The summed E-state index contributed by atoms with van der Waals surface area (Å²) in [6.07, 6.45) is 5.87. The van der Waals surface area contributed by atoms with Crippen molar-refractivity contribution in [1.29, 1.82) is 5.26 Å². The van der Waals surface area contributed by atoms with Gasteiger partial charge in [-0.25, -0.2) is 0 Å². The first kappa shape index (κ1) is 13.9. The van der Waals surface area contributed by atoms with Crippen molar-refractivity contribution in [3.63, 3.8) is 0 Å². The van der Waals surface area contributed by atoms with Crippen molar-refractivity contribution in [3.05, 3.63) is 0 Å². The second-order valence-electron chi connectivity index (χ2n) is 3.56. The molecule has 0 aromatic rings. The van der Waals surface area contributed by atoms with Crippen LogP contribution in [0.1, 0.15) is 44.9 Å². The van der Waals surface area contributed by atoms with E-state index in [2.05, 4.69) is 11.4 Å². The van der Waals surface area contributed by atoms with E-state index in [1.165, 1.54) is 0 Å². The van der Waals surface area contributed by atoms with E-state index in [1.807, 2.05) is 0 Å². The third-order valence-corrected chi connectivity index (χ3v) is 2.15. The fourth-order valence-electron chi connectivity index (χ4n) is 1.25. The van der Waals surface area contributed by atoms with E-state index in [9.17, 15) is 4.79 Å². The molecule has 0 heterocycles. The van der Waals surface area contributed by atoms with Gasteiger partial charge in [0.15, 0.2) is 0 Å². The lowest BCUT2D eigenvalue weighted by molar-refractivity contribution is -0.121. The van der Waals surface area contributed by atoms with Gasteiger partial charge in [0.1, 0.15) is 0 Å². The molecule has 0 saturated heterocycles. The molecule has 0 aliphatic carbocycles. The summed E-state index contributed by atoms with van der Waals surface area (Å²) in [5, 5.41) is 11.1.